The van der Waals surface area contributed by atoms with Crippen LogP contribution in [-0.2, 0) is 30.2 Å². The molecule has 452 valence electrons. The van der Waals surface area contributed by atoms with Gasteiger partial charge in [-0.05, 0) is 97.1 Å². The van der Waals surface area contributed by atoms with Crippen LogP contribution in [0.15, 0.2) is 133 Å². The third-order valence-electron chi connectivity index (χ3n) is 14.6. The first-order valence-electron chi connectivity index (χ1n) is 26.9. The Morgan fingerprint density at radius 1 is 0.591 bits per heavy atom. The van der Waals surface area contributed by atoms with Crippen LogP contribution >= 0.6 is 0 Å². The second kappa shape index (κ2) is 24.7. The summed E-state index contributed by atoms with van der Waals surface area (Å²) in [5, 5.41) is 8.46. The molecule has 0 saturated heterocycles. The molecular weight excluding hydrogens is 1170 g/mol. The van der Waals surface area contributed by atoms with Gasteiger partial charge in [-0.3, -0.25) is 9.59 Å². The van der Waals surface area contributed by atoms with Crippen molar-refractivity contribution in [1.29, 1.82) is 0 Å². The van der Waals surface area contributed by atoms with Crippen molar-refractivity contribution in [2.45, 2.75) is 64.2 Å². The average molecular weight is 1220 g/mol. The van der Waals surface area contributed by atoms with Gasteiger partial charge in [-0.25, -0.2) is 42.3 Å². The largest absolute Gasteiger partial charge is 0.494 e. The van der Waals surface area contributed by atoms with E-state index in [-0.39, 0.29) is 98.9 Å². The van der Waals surface area contributed by atoms with Crippen molar-refractivity contribution in [2.24, 2.45) is 5.73 Å². The molecule has 4 aromatic heterocycles. The van der Waals surface area contributed by atoms with E-state index < -0.39 is 77.0 Å². The molecule has 3 amide bonds. The fourth-order valence-electron chi connectivity index (χ4n) is 10.2. The van der Waals surface area contributed by atoms with Crippen LogP contribution in [0.4, 0.5) is 48.7 Å². The number of alkyl halides is 6. The summed E-state index contributed by atoms with van der Waals surface area (Å²) in [7, 11) is 1.30. The first-order chi connectivity index (χ1) is 41.9. The van der Waals surface area contributed by atoms with E-state index >= 15 is 0 Å². The number of imidazole rings is 2. The Bertz CT molecular complexity index is 4290. The Balaban J connectivity index is 0.000000212. The summed E-state index contributed by atoms with van der Waals surface area (Å²) >= 11 is 0. The molecule has 0 bridgehead atoms. The second-order valence-electron chi connectivity index (χ2n) is 20.4. The van der Waals surface area contributed by atoms with Gasteiger partial charge in [0.15, 0.2) is 11.4 Å². The molecule has 0 radical (unpaired) electrons. The van der Waals surface area contributed by atoms with E-state index in [1.807, 2.05) is 48.5 Å². The molecule has 11 rings (SSSR count). The predicted molar refractivity (Wildman–Crippen MR) is 304 cm³/mol. The number of hydrogen-bond donors (Lipinski definition) is 6. The number of rotatable bonds is 14. The van der Waals surface area contributed by atoms with Crippen molar-refractivity contribution in [1.82, 2.24) is 45.9 Å². The number of hydrogen-bond acceptors (Lipinski definition) is 10. The number of methoxy groups -OCH3 is 1. The van der Waals surface area contributed by atoms with Crippen LogP contribution in [-0.4, -0.2) is 61.5 Å². The maximum atomic E-state index is 14.4. The molecule has 0 aliphatic heterocycles. The standard InChI is InChI=1S/C39H30F5N5O4.C24H20F5N5O/c1-20(46-38(51)53-19-29-25-9-5-3-7-23(25)24-8-4-6-10-26(24)29)33-35(37(50)45-18-21-11-12-22(40)17-30(21)41)49-36(48-33)28-13-15-31(52-2)34-27(28)14-16-32(47-34)39(42,43)44;1-11-3-6-16(15-7-8-18(24(27,28)29)32-19(11)15)22-33-20(12(2)30)21(34-22)23(35)31-10-13-4-5-14(25)9-17(13)26/h3-17,20,29H,18-19H2,1-2H3,(H,45,50)(H,46,51)(H,48,49);3-9,12H,10,30H2,1-2H3,(H,31,35)(H,33,34)/t20-;12-/m00/s1. The van der Waals surface area contributed by atoms with Crippen LogP contribution in [0.25, 0.3) is 55.7 Å². The Labute approximate surface area is 493 Å². The molecule has 10 aromatic rings. The molecule has 1 aliphatic rings. The van der Waals surface area contributed by atoms with Gasteiger partial charge in [0, 0.05) is 70.2 Å². The molecule has 1 aliphatic carbocycles. The van der Waals surface area contributed by atoms with Gasteiger partial charge < -0.3 is 41.1 Å². The van der Waals surface area contributed by atoms with Gasteiger partial charge in [-0.1, -0.05) is 72.8 Å². The summed E-state index contributed by atoms with van der Waals surface area (Å²) in [6, 6.07) is 30.5. The highest BCUT2D eigenvalue weighted by atomic mass is 19.4. The molecule has 0 saturated carbocycles. The fraction of sp³-hybridized carbons (Fsp3) is 0.190. The lowest BCUT2D eigenvalue weighted by Gasteiger charge is -2.17. The first kappa shape index (κ1) is 60.9. The maximum Gasteiger partial charge on any atom is 0.433 e. The number of aromatic amines is 2. The van der Waals surface area contributed by atoms with E-state index in [1.54, 1.807) is 32.9 Å². The summed E-state index contributed by atoms with van der Waals surface area (Å²) in [6.45, 7) is 4.33. The van der Waals surface area contributed by atoms with Crippen molar-refractivity contribution < 1.29 is 67.8 Å². The molecule has 25 heteroatoms. The number of benzene rings is 6. The van der Waals surface area contributed by atoms with Crippen LogP contribution in [0.3, 0.4) is 0 Å². The fourth-order valence-corrected chi connectivity index (χ4v) is 10.2. The molecule has 0 spiro atoms. The monoisotopic (exact) mass is 1220 g/mol. The first-order valence-corrected chi connectivity index (χ1v) is 26.9. The number of carbonyl (C=O) groups is 3. The maximum absolute atomic E-state index is 14.4. The van der Waals surface area contributed by atoms with Gasteiger partial charge in [0.25, 0.3) is 11.8 Å². The molecule has 0 fully saturated rings. The van der Waals surface area contributed by atoms with E-state index in [2.05, 4.69) is 45.9 Å². The Morgan fingerprint density at radius 2 is 1.07 bits per heavy atom. The highest BCUT2D eigenvalue weighted by molar-refractivity contribution is 6.00. The molecule has 7 N–H and O–H groups in total. The number of carbonyl (C=O) groups excluding carboxylic acids is 3. The van der Waals surface area contributed by atoms with Crippen molar-refractivity contribution in [3.05, 3.63) is 219 Å². The minimum Gasteiger partial charge on any atom is -0.494 e. The number of pyridine rings is 2. The molecule has 15 nitrogen and oxygen atoms in total. The Hall–Kier alpha value is -10.2. The average Bonchev–Trinajstić information content (AvgIpc) is 2.92. The van der Waals surface area contributed by atoms with E-state index in [4.69, 9.17) is 15.2 Å². The van der Waals surface area contributed by atoms with Crippen molar-refractivity contribution in [3.8, 4) is 39.7 Å². The highest BCUT2D eigenvalue weighted by Crippen LogP contribution is 2.45. The number of nitrogens with one attached hydrogen (secondary N) is 5. The van der Waals surface area contributed by atoms with Crippen LogP contribution in [0, 0.1) is 30.2 Å². The number of fused-ring (bicyclic) bond motifs is 5. The van der Waals surface area contributed by atoms with E-state index in [1.165, 1.54) is 43.5 Å². The minimum atomic E-state index is -4.72. The minimum absolute atomic E-state index is 0.00885. The third-order valence-corrected chi connectivity index (χ3v) is 14.6. The van der Waals surface area contributed by atoms with E-state index in [9.17, 15) is 58.3 Å². The summed E-state index contributed by atoms with van der Waals surface area (Å²) in [5.41, 5.74) is 9.55. The van der Waals surface area contributed by atoms with Gasteiger partial charge in [0.05, 0.1) is 30.1 Å². The number of nitrogens with zero attached hydrogens (tertiary/aromatic N) is 4. The van der Waals surface area contributed by atoms with E-state index in [0.29, 0.717) is 28.6 Å². The molecule has 0 unspecified atom stereocenters. The number of halogens is 10. The van der Waals surface area contributed by atoms with Gasteiger partial charge in [0.1, 0.15) is 64.2 Å². The number of ether oxygens (including phenoxy) is 2. The smallest absolute Gasteiger partial charge is 0.433 e. The lowest BCUT2D eigenvalue weighted by atomic mass is 9.98. The highest BCUT2D eigenvalue weighted by Gasteiger charge is 2.35. The third kappa shape index (κ3) is 12.7. The normalized spacial score (nSPS) is 12.9. The molecule has 4 heterocycles. The number of aryl methyl sites for hydroxylation is 1. The van der Waals surface area contributed by atoms with Gasteiger partial charge >= 0.3 is 18.4 Å². The topological polar surface area (TPSA) is 215 Å². The zero-order chi connectivity index (χ0) is 62.9. The quantitative estimate of drug-likeness (QED) is 0.0567. The van der Waals surface area contributed by atoms with Gasteiger partial charge in [-0.15, -0.1) is 0 Å². The summed E-state index contributed by atoms with van der Waals surface area (Å²) in [5.74, 6) is -4.48. The van der Waals surface area contributed by atoms with Crippen molar-refractivity contribution in [2.75, 3.05) is 13.7 Å². The molecular formula is C63H50F10N10O5. The molecule has 2 atom stereocenters. The van der Waals surface area contributed by atoms with Crippen molar-refractivity contribution >= 4 is 39.7 Å². The number of H-pyrrole nitrogens is 2. The Morgan fingerprint density at radius 3 is 1.57 bits per heavy atom. The zero-order valence-electron chi connectivity index (χ0n) is 46.7. The summed E-state index contributed by atoms with van der Waals surface area (Å²) in [4.78, 5) is 62.1. The molecule has 88 heavy (non-hydrogen) atoms. The zero-order valence-corrected chi connectivity index (χ0v) is 46.7. The predicted octanol–water partition coefficient (Wildman–Crippen LogP) is 13.6. The SMILES string of the molecule is COc1ccc(-c2nc(C(=O)NCc3ccc(F)cc3F)c([C@H](C)NC(=O)OCC3c4ccccc4-c4ccccc43)[nH]2)c2ccc(C(F)(F)F)nc12.Cc1ccc(-c2nc(C(=O)NCc3ccc(F)cc3F)c([C@H](C)N)[nH]2)c2ccc(C(F)(F)F)nc12. The lowest BCUT2D eigenvalue weighted by Crippen LogP contribution is -2.31. The van der Waals surface area contributed by atoms with E-state index in [0.717, 1.165) is 46.5 Å². The van der Waals surface area contributed by atoms with Crippen LogP contribution in [0.2, 0.25) is 0 Å². The molecule has 6 aromatic carbocycles. The number of aromatic nitrogens is 6. The second-order valence-corrected chi connectivity index (χ2v) is 20.4. The summed E-state index contributed by atoms with van der Waals surface area (Å²) in [6.07, 6.45) is -10.1. The lowest BCUT2D eigenvalue weighted by molar-refractivity contribution is -0.141. The van der Waals surface area contributed by atoms with Gasteiger partial charge in [0.2, 0.25) is 0 Å². The van der Waals surface area contributed by atoms with Gasteiger partial charge in [-0.2, -0.15) is 26.3 Å². The van der Waals surface area contributed by atoms with Crippen molar-refractivity contribution in [3.63, 3.8) is 0 Å². The Kier molecular flexibility index (Phi) is 17.1. The van der Waals surface area contributed by atoms with Crippen LogP contribution < -0.4 is 26.4 Å². The van der Waals surface area contributed by atoms with Crippen LogP contribution in [0.1, 0.15) is 103 Å². The number of alkyl carbamates (subject to hydrolysis) is 1. The van der Waals surface area contributed by atoms with Crippen LogP contribution in [0.5, 0.6) is 5.75 Å². The summed E-state index contributed by atoms with van der Waals surface area (Å²) < 4.78 is 146. The number of amides is 3. The number of nitrogens with two attached hydrogens (primary N) is 1.